The van der Waals surface area contributed by atoms with Gasteiger partial charge in [0.1, 0.15) is 0 Å². The Morgan fingerprint density at radius 2 is 1.94 bits per heavy atom. The van der Waals surface area contributed by atoms with E-state index in [1.807, 2.05) is 0 Å². The summed E-state index contributed by atoms with van der Waals surface area (Å²) < 4.78 is 0. The average Bonchev–Trinajstić information content (AvgIpc) is 2.34. The summed E-state index contributed by atoms with van der Waals surface area (Å²) in [6.07, 6.45) is 1.56. The molecule has 0 radical (unpaired) electrons. The van der Waals surface area contributed by atoms with Crippen molar-refractivity contribution in [2.45, 2.75) is 46.5 Å². The summed E-state index contributed by atoms with van der Waals surface area (Å²) in [4.78, 5) is 0. The number of hydrogen-bond donors (Lipinski definition) is 1. The van der Waals surface area contributed by atoms with Crippen LogP contribution in [-0.4, -0.2) is 6.54 Å². The van der Waals surface area contributed by atoms with Gasteiger partial charge in [0.05, 0.1) is 6.07 Å². The first-order chi connectivity index (χ1) is 8.46. The summed E-state index contributed by atoms with van der Waals surface area (Å²) in [6, 6.07) is 10.7. The minimum atomic E-state index is 0.153. The van der Waals surface area contributed by atoms with Gasteiger partial charge >= 0.3 is 0 Å². The van der Waals surface area contributed by atoms with Gasteiger partial charge in [-0.15, -0.1) is 0 Å². The number of benzene rings is 1. The molecule has 0 spiro atoms. The first kappa shape index (κ1) is 14.6. The molecule has 0 heterocycles. The van der Waals surface area contributed by atoms with Gasteiger partial charge in [0, 0.05) is 18.7 Å². The SMILES string of the molecule is CC(C)c1ccccc1NCC(C)(C)CCC#N. The lowest BCUT2D eigenvalue weighted by Gasteiger charge is -2.25. The molecule has 2 heteroatoms. The largest absolute Gasteiger partial charge is 0.384 e. The molecule has 0 aliphatic heterocycles. The number of nitrogens with one attached hydrogen (secondary N) is 1. The second-order valence-electron chi connectivity index (χ2n) is 5.92. The van der Waals surface area contributed by atoms with Crippen molar-refractivity contribution in [3.8, 4) is 6.07 Å². The van der Waals surface area contributed by atoms with Crippen LogP contribution in [0.2, 0.25) is 0 Å². The highest BCUT2D eigenvalue weighted by Crippen LogP contribution is 2.27. The van der Waals surface area contributed by atoms with Gasteiger partial charge in [-0.3, -0.25) is 0 Å². The number of para-hydroxylation sites is 1. The lowest BCUT2D eigenvalue weighted by atomic mass is 9.87. The molecule has 98 valence electrons. The summed E-state index contributed by atoms with van der Waals surface area (Å²) in [6.45, 7) is 9.73. The van der Waals surface area contributed by atoms with Gasteiger partial charge < -0.3 is 5.32 Å². The summed E-state index contributed by atoms with van der Waals surface area (Å²) in [5.74, 6) is 0.524. The summed E-state index contributed by atoms with van der Waals surface area (Å²) >= 11 is 0. The topological polar surface area (TPSA) is 35.8 Å². The summed E-state index contributed by atoms with van der Waals surface area (Å²) in [5.41, 5.74) is 2.73. The fourth-order valence-corrected chi connectivity index (χ4v) is 1.98. The van der Waals surface area contributed by atoms with Gasteiger partial charge in [-0.1, -0.05) is 45.9 Å². The molecule has 0 bridgehead atoms. The third kappa shape index (κ3) is 4.41. The fraction of sp³-hybridized carbons (Fsp3) is 0.562. The van der Waals surface area contributed by atoms with Crippen molar-refractivity contribution < 1.29 is 0 Å². The van der Waals surface area contributed by atoms with Crippen LogP contribution in [0, 0.1) is 16.7 Å². The Morgan fingerprint density at radius 3 is 2.56 bits per heavy atom. The van der Waals surface area contributed by atoms with Gasteiger partial charge in [-0.25, -0.2) is 0 Å². The molecular formula is C16H24N2. The maximum Gasteiger partial charge on any atom is 0.0621 e. The van der Waals surface area contributed by atoms with Gasteiger partial charge in [0.25, 0.3) is 0 Å². The van der Waals surface area contributed by atoms with Crippen molar-refractivity contribution in [2.24, 2.45) is 5.41 Å². The van der Waals surface area contributed by atoms with Crippen LogP contribution in [0.3, 0.4) is 0 Å². The standard InChI is InChI=1S/C16H24N2/c1-13(2)14-8-5-6-9-15(14)18-12-16(3,4)10-7-11-17/h5-6,8-9,13,18H,7,10,12H2,1-4H3. The lowest BCUT2D eigenvalue weighted by Crippen LogP contribution is -2.23. The van der Waals surface area contributed by atoms with Gasteiger partial charge in [-0.05, 0) is 29.4 Å². The van der Waals surface area contributed by atoms with E-state index in [-0.39, 0.29) is 5.41 Å². The number of anilines is 1. The highest BCUT2D eigenvalue weighted by Gasteiger charge is 2.17. The Labute approximate surface area is 111 Å². The molecule has 0 atom stereocenters. The molecule has 1 aromatic rings. The number of nitrogens with zero attached hydrogens (tertiary/aromatic N) is 1. The van der Waals surface area contributed by atoms with Gasteiger partial charge in [0.2, 0.25) is 0 Å². The second kappa shape index (κ2) is 6.44. The van der Waals surface area contributed by atoms with Crippen LogP contribution in [0.4, 0.5) is 5.69 Å². The molecule has 1 aromatic carbocycles. The molecule has 1 rings (SSSR count). The van der Waals surface area contributed by atoms with E-state index in [0.29, 0.717) is 12.3 Å². The zero-order valence-corrected chi connectivity index (χ0v) is 12.0. The van der Waals surface area contributed by atoms with E-state index in [0.717, 1.165) is 13.0 Å². The van der Waals surface area contributed by atoms with Crippen LogP contribution in [0.5, 0.6) is 0 Å². The Balaban J connectivity index is 2.66. The van der Waals surface area contributed by atoms with Crippen LogP contribution in [0.1, 0.15) is 52.0 Å². The maximum atomic E-state index is 8.66. The zero-order valence-electron chi connectivity index (χ0n) is 12.0. The van der Waals surface area contributed by atoms with E-state index < -0.39 is 0 Å². The first-order valence-electron chi connectivity index (χ1n) is 6.66. The quantitative estimate of drug-likeness (QED) is 0.796. The molecule has 0 amide bonds. The minimum absolute atomic E-state index is 0.153. The Bertz CT molecular complexity index is 413. The molecule has 0 aliphatic rings. The number of nitriles is 1. The predicted molar refractivity (Wildman–Crippen MR) is 77.6 cm³/mol. The normalized spacial score (nSPS) is 11.3. The van der Waals surface area contributed by atoms with E-state index in [4.69, 9.17) is 5.26 Å². The first-order valence-corrected chi connectivity index (χ1v) is 6.66. The van der Waals surface area contributed by atoms with Gasteiger partial charge in [-0.2, -0.15) is 5.26 Å². The lowest BCUT2D eigenvalue weighted by molar-refractivity contribution is 0.363. The van der Waals surface area contributed by atoms with Crippen molar-refractivity contribution in [3.05, 3.63) is 29.8 Å². The molecule has 0 fully saturated rings. The predicted octanol–water partition coefficient (Wildman–Crippen LogP) is 4.55. The Morgan fingerprint density at radius 1 is 1.28 bits per heavy atom. The minimum Gasteiger partial charge on any atom is -0.384 e. The van der Waals surface area contributed by atoms with Crippen molar-refractivity contribution in [3.63, 3.8) is 0 Å². The highest BCUT2D eigenvalue weighted by molar-refractivity contribution is 5.52. The van der Waals surface area contributed by atoms with E-state index >= 15 is 0 Å². The highest BCUT2D eigenvalue weighted by atomic mass is 14.9. The van der Waals surface area contributed by atoms with Crippen LogP contribution >= 0.6 is 0 Å². The molecule has 0 saturated heterocycles. The molecule has 0 unspecified atom stereocenters. The molecule has 2 nitrogen and oxygen atoms in total. The van der Waals surface area contributed by atoms with Crippen molar-refractivity contribution in [2.75, 3.05) is 11.9 Å². The number of hydrogen-bond acceptors (Lipinski definition) is 2. The molecule has 0 aromatic heterocycles. The van der Waals surface area contributed by atoms with E-state index in [9.17, 15) is 0 Å². The maximum absolute atomic E-state index is 8.66. The molecule has 18 heavy (non-hydrogen) atoms. The zero-order chi connectivity index (χ0) is 13.6. The molecule has 0 aliphatic carbocycles. The monoisotopic (exact) mass is 244 g/mol. The van der Waals surface area contributed by atoms with Crippen molar-refractivity contribution in [1.29, 1.82) is 5.26 Å². The summed E-state index contributed by atoms with van der Waals surface area (Å²) in [7, 11) is 0. The smallest absolute Gasteiger partial charge is 0.0621 e. The van der Waals surface area contributed by atoms with Crippen LogP contribution in [0.15, 0.2) is 24.3 Å². The third-order valence-corrected chi connectivity index (χ3v) is 3.25. The fourth-order valence-electron chi connectivity index (χ4n) is 1.98. The van der Waals surface area contributed by atoms with Crippen LogP contribution in [-0.2, 0) is 0 Å². The molecular weight excluding hydrogens is 220 g/mol. The Kier molecular flexibility index (Phi) is 5.22. The molecule has 0 saturated carbocycles. The third-order valence-electron chi connectivity index (χ3n) is 3.25. The van der Waals surface area contributed by atoms with Crippen LogP contribution in [0.25, 0.3) is 0 Å². The Hall–Kier alpha value is -1.49. The number of rotatable bonds is 6. The van der Waals surface area contributed by atoms with E-state index in [1.165, 1.54) is 11.3 Å². The second-order valence-corrected chi connectivity index (χ2v) is 5.92. The van der Waals surface area contributed by atoms with Gasteiger partial charge in [0.15, 0.2) is 0 Å². The summed E-state index contributed by atoms with van der Waals surface area (Å²) in [5, 5.41) is 12.2. The van der Waals surface area contributed by atoms with Crippen LogP contribution < -0.4 is 5.32 Å². The average molecular weight is 244 g/mol. The van der Waals surface area contributed by atoms with E-state index in [2.05, 4.69) is 63.3 Å². The molecule has 1 N–H and O–H groups in total. The van der Waals surface area contributed by atoms with Crippen molar-refractivity contribution >= 4 is 5.69 Å². The van der Waals surface area contributed by atoms with Crippen molar-refractivity contribution in [1.82, 2.24) is 0 Å². The van der Waals surface area contributed by atoms with E-state index in [1.54, 1.807) is 0 Å².